The van der Waals surface area contributed by atoms with Crippen LogP contribution in [0.2, 0.25) is 0 Å². The summed E-state index contributed by atoms with van der Waals surface area (Å²) in [5, 5.41) is 0. The van der Waals surface area contributed by atoms with Crippen LogP contribution in [-0.2, 0) is 9.31 Å². The first-order valence-corrected chi connectivity index (χ1v) is 8.09. The van der Waals surface area contributed by atoms with Crippen molar-refractivity contribution in [1.29, 1.82) is 0 Å². The lowest BCUT2D eigenvalue weighted by atomic mass is 9.79. The van der Waals surface area contributed by atoms with Gasteiger partial charge >= 0.3 is 7.12 Å². The van der Waals surface area contributed by atoms with Crippen molar-refractivity contribution in [2.24, 2.45) is 0 Å². The monoisotopic (exact) mass is 309 g/mol. The van der Waals surface area contributed by atoms with Crippen LogP contribution in [0.3, 0.4) is 0 Å². The highest BCUT2D eigenvalue weighted by atomic mass is 16.7. The number of pyridine rings is 1. The molecule has 3 rings (SSSR count). The van der Waals surface area contributed by atoms with Crippen LogP contribution in [0.25, 0.3) is 11.3 Å². The summed E-state index contributed by atoms with van der Waals surface area (Å²) in [6, 6.07) is 10.4. The molecule has 1 aliphatic heterocycles. The summed E-state index contributed by atoms with van der Waals surface area (Å²) < 4.78 is 12.3. The van der Waals surface area contributed by atoms with E-state index >= 15 is 0 Å². The van der Waals surface area contributed by atoms with Crippen molar-refractivity contribution in [3.8, 4) is 11.3 Å². The highest BCUT2D eigenvalue weighted by Gasteiger charge is 2.51. The Morgan fingerprint density at radius 2 is 1.48 bits per heavy atom. The van der Waals surface area contributed by atoms with E-state index in [1.54, 1.807) is 0 Å². The zero-order valence-corrected chi connectivity index (χ0v) is 14.8. The van der Waals surface area contributed by atoms with Crippen LogP contribution in [0.5, 0.6) is 0 Å². The van der Waals surface area contributed by atoms with Crippen molar-refractivity contribution in [3.63, 3.8) is 0 Å². The first kappa shape index (κ1) is 16.2. The van der Waals surface area contributed by atoms with Gasteiger partial charge in [0.2, 0.25) is 0 Å². The van der Waals surface area contributed by atoms with E-state index in [0.29, 0.717) is 0 Å². The summed E-state index contributed by atoms with van der Waals surface area (Å²) in [4.78, 5) is 4.56. The third kappa shape index (κ3) is 2.82. The Morgan fingerprint density at radius 3 is 2.04 bits per heavy atom. The van der Waals surface area contributed by atoms with E-state index in [0.717, 1.165) is 11.2 Å². The van der Waals surface area contributed by atoms with Gasteiger partial charge in [-0.05, 0) is 70.3 Å². The minimum Gasteiger partial charge on any atom is -0.399 e. The summed E-state index contributed by atoms with van der Waals surface area (Å²) in [6.07, 6.45) is 1.83. The molecular formula is C19H24BNO2. The second-order valence-corrected chi connectivity index (χ2v) is 7.33. The third-order valence-corrected chi connectivity index (χ3v) is 5.05. The molecule has 0 bridgehead atoms. The highest BCUT2D eigenvalue weighted by Crippen LogP contribution is 2.36. The lowest BCUT2D eigenvalue weighted by Gasteiger charge is -2.32. The van der Waals surface area contributed by atoms with Gasteiger partial charge in [-0.2, -0.15) is 0 Å². The number of hydrogen-bond acceptors (Lipinski definition) is 3. The molecule has 1 aromatic carbocycles. The fraction of sp³-hybridized carbons (Fsp3) is 0.421. The molecule has 0 atom stereocenters. The number of aryl methyl sites for hydroxylation is 2. The van der Waals surface area contributed by atoms with E-state index in [1.165, 1.54) is 16.7 Å². The van der Waals surface area contributed by atoms with Crippen LogP contribution in [0.1, 0.15) is 38.8 Å². The Hall–Kier alpha value is -1.65. The Labute approximate surface area is 139 Å². The normalized spacial score (nSPS) is 19.1. The van der Waals surface area contributed by atoms with Crippen LogP contribution >= 0.6 is 0 Å². The third-order valence-electron chi connectivity index (χ3n) is 5.05. The molecule has 0 amide bonds. The van der Waals surface area contributed by atoms with Crippen molar-refractivity contribution in [2.45, 2.75) is 52.7 Å². The maximum Gasteiger partial charge on any atom is 0.494 e. The number of benzene rings is 1. The molecule has 0 N–H and O–H groups in total. The van der Waals surface area contributed by atoms with Crippen LogP contribution in [0, 0.1) is 13.8 Å². The second kappa shape index (κ2) is 5.46. The molecule has 1 saturated heterocycles. The van der Waals surface area contributed by atoms with Gasteiger partial charge in [0, 0.05) is 11.8 Å². The average Bonchev–Trinajstić information content (AvgIpc) is 2.68. The summed E-state index contributed by atoms with van der Waals surface area (Å²) in [7, 11) is -0.355. The SMILES string of the molecule is Cc1cccc(C)c1-c1cc(B2OC(C)(C)C(C)(C)O2)ccn1. The smallest absolute Gasteiger partial charge is 0.399 e. The predicted octanol–water partition coefficient (Wildman–Crippen LogP) is 3.66. The molecule has 120 valence electrons. The maximum atomic E-state index is 6.15. The van der Waals surface area contributed by atoms with E-state index < -0.39 is 0 Å². The van der Waals surface area contributed by atoms with Crippen molar-refractivity contribution < 1.29 is 9.31 Å². The summed E-state index contributed by atoms with van der Waals surface area (Å²) >= 11 is 0. The number of hydrogen-bond donors (Lipinski definition) is 0. The summed E-state index contributed by atoms with van der Waals surface area (Å²) in [5.41, 5.74) is 4.95. The standard InChI is InChI=1S/C19H24BNO2/c1-13-8-7-9-14(2)17(13)16-12-15(10-11-21-16)20-22-18(3,4)19(5,6)23-20/h7-12H,1-6H3. The highest BCUT2D eigenvalue weighted by molar-refractivity contribution is 6.62. The molecule has 3 nitrogen and oxygen atoms in total. The zero-order chi connectivity index (χ0) is 16.8. The molecule has 1 aliphatic rings. The fourth-order valence-corrected chi connectivity index (χ4v) is 2.93. The Bertz CT molecular complexity index is 704. The average molecular weight is 309 g/mol. The Kier molecular flexibility index (Phi) is 3.85. The molecule has 0 spiro atoms. The van der Waals surface area contributed by atoms with E-state index in [1.807, 2.05) is 12.3 Å². The quantitative estimate of drug-likeness (QED) is 0.793. The van der Waals surface area contributed by atoms with Crippen LogP contribution in [-0.4, -0.2) is 23.3 Å². The summed E-state index contributed by atoms with van der Waals surface area (Å²) in [6.45, 7) is 12.5. The number of rotatable bonds is 2. The van der Waals surface area contributed by atoms with Gasteiger partial charge in [-0.3, -0.25) is 4.98 Å². The number of nitrogens with zero attached hydrogens (tertiary/aromatic N) is 1. The molecule has 2 heterocycles. The van der Waals surface area contributed by atoms with Crippen LogP contribution < -0.4 is 5.46 Å². The lowest BCUT2D eigenvalue weighted by Crippen LogP contribution is -2.41. The van der Waals surface area contributed by atoms with Gasteiger partial charge in [-0.25, -0.2) is 0 Å². The van der Waals surface area contributed by atoms with Gasteiger partial charge in [0.25, 0.3) is 0 Å². The topological polar surface area (TPSA) is 31.4 Å². The van der Waals surface area contributed by atoms with Crippen molar-refractivity contribution >= 4 is 12.6 Å². The molecule has 1 aromatic heterocycles. The molecule has 0 unspecified atom stereocenters. The van der Waals surface area contributed by atoms with Crippen molar-refractivity contribution in [2.75, 3.05) is 0 Å². The lowest BCUT2D eigenvalue weighted by molar-refractivity contribution is 0.00578. The van der Waals surface area contributed by atoms with Crippen LogP contribution in [0.15, 0.2) is 36.5 Å². The van der Waals surface area contributed by atoms with Crippen molar-refractivity contribution in [1.82, 2.24) is 4.98 Å². The molecule has 1 fully saturated rings. The Balaban J connectivity index is 1.99. The minimum atomic E-state index is -0.355. The Morgan fingerprint density at radius 1 is 0.913 bits per heavy atom. The molecule has 0 radical (unpaired) electrons. The van der Waals surface area contributed by atoms with Crippen LogP contribution in [0.4, 0.5) is 0 Å². The van der Waals surface area contributed by atoms with E-state index in [4.69, 9.17) is 9.31 Å². The minimum absolute atomic E-state index is 0.334. The van der Waals surface area contributed by atoms with Gasteiger partial charge in [0.1, 0.15) is 0 Å². The molecule has 23 heavy (non-hydrogen) atoms. The van der Waals surface area contributed by atoms with Crippen molar-refractivity contribution in [3.05, 3.63) is 47.7 Å². The molecule has 0 saturated carbocycles. The first-order chi connectivity index (χ1) is 10.7. The second-order valence-electron chi connectivity index (χ2n) is 7.33. The maximum absolute atomic E-state index is 6.15. The van der Waals surface area contributed by atoms with Gasteiger partial charge < -0.3 is 9.31 Å². The zero-order valence-electron chi connectivity index (χ0n) is 14.8. The molecule has 4 heteroatoms. The van der Waals surface area contributed by atoms with E-state index in [9.17, 15) is 0 Å². The first-order valence-electron chi connectivity index (χ1n) is 8.09. The van der Waals surface area contributed by atoms with E-state index in [-0.39, 0.29) is 18.3 Å². The summed E-state index contributed by atoms with van der Waals surface area (Å²) in [5.74, 6) is 0. The molecular weight excluding hydrogens is 285 g/mol. The fourth-order valence-electron chi connectivity index (χ4n) is 2.93. The van der Waals surface area contributed by atoms with Gasteiger partial charge in [-0.1, -0.05) is 18.2 Å². The molecule has 0 aliphatic carbocycles. The molecule has 2 aromatic rings. The largest absolute Gasteiger partial charge is 0.494 e. The van der Waals surface area contributed by atoms with Gasteiger partial charge in [0.15, 0.2) is 0 Å². The number of aromatic nitrogens is 1. The van der Waals surface area contributed by atoms with Gasteiger partial charge in [0.05, 0.1) is 16.9 Å². The van der Waals surface area contributed by atoms with Gasteiger partial charge in [-0.15, -0.1) is 0 Å². The predicted molar refractivity (Wildman–Crippen MR) is 94.9 cm³/mol. The van der Waals surface area contributed by atoms with E-state index in [2.05, 4.69) is 70.8 Å².